The van der Waals surface area contributed by atoms with Gasteiger partial charge in [0, 0.05) is 44.0 Å². The minimum Gasteiger partial charge on any atom is -0.454 e. The second kappa shape index (κ2) is 9.87. The van der Waals surface area contributed by atoms with Gasteiger partial charge in [-0.05, 0) is 52.6 Å². The Hall–Kier alpha value is -3.73. The Morgan fingerprint density at radius 2 is 1.77 bits per heavy atom. The van der Waals surface area contributed by atoms with Crippen LogP contribution in [0.3, 0.4) is 0 Å². The van der Waals surface area contributed by atoms with Crippen molar-refractivity contribution in [3.63, 3.8) is 0 Å². The van der Waals surface area contributed by atoms with Gasteiger partial charge >= 0.3 is 0 Å². The Balaban J connectivity index is 1.30. The van der Waals surface area contributed by atoms with Crippen LogP contribution < -0.4 is 14.4 Å². The number of ether oxygens (including phenoxy) is 2. The summed E-state index contributed by atoms with van der Waals surface area (Å²) in [6.45, 7) is 8.59. The van der Waals surface area contributed by atoms with Crippen molar-refractivity contribution < 1.29 is 14.4 Å². The number of nitrogens with zero attached hydrogens (tertiary/aromatic N) is 7. The molecule has 3 aromatic rings. The first-order chi connectivity index (χ1) is 17.0. The summed E-state index contributed by atoms with van der Waals surface area (Å²) in [5.74, 6) is 2.84. The Morgan fingerprint density at radius 3 is 2.49 bits per heavy atom. The maximum Gasteiger partial charge on any atom is 0.269 e. The molecule has 0 spiro atoms. The van der Waals surface area contributed by atoms with Gasteiger partial charge in [0.1, 0.15) is 0 Å². The summed E-state index contributed by atoms with van der Waals surface area (Å²) < 4.78 is 12.8. The number of piperazine rings is 1. The van der Waals surface area contributed by atoms with Crippen LogP contribution in [-0.4, -0.2) is 63.0 Å². The average molecular weight is 480 g/mol. The first kappa shape index (κ1) is 23.0. The predicted octanol–water partition coefficient (Wildman–Crippen LogP) is 3.27. The summed E-state index contributed by atoms with van der Waals surface area (Å²) in [6.07, 6.45) is 0.943. The summed E-state index contributed by atoms with van der Waals surface area (Å²) in [7, 11) is 0. The van der Waals surface area contributed by atoms with Crippen molar-refractivity contribution in [1.29, 1.82) is 0 Å². The smallest absolute Gasteiger partial charge is 0.269 e. The lowest BCUT2D eigenvalue weighted by Crippen LogP contribution is -2.48. The molecule has 11 nitrogen and oxygen atoms in total. The second-order valence-corrected chi connectivity index (χ2v) is 9.32. The molecular formula is C24H29N7O4. The fraction of sp³-hybridized carbons (Fsp3) is 0.458. The molecule has 1 aromatic heterocycles. The molecule has 2 aliphatic rings. The number of fused-ring (bicyclic) bond motifs is 1. The molecule has 0 bridgehead atoms. The zero-order chi connectivity index (χ0) is 24.4. The van der Waals surface area contributed by atoms with Crippen LogP contribution in [0.25, 0.3) is 0 Å². The summed E-state index contributed by atoms with van der Waals surface area (Å²) in [6, 6.07) is 12.8. The third-order valence-corrected chi connectivity index (χ3v) is 6.50. The molecule has 184 valence electrons. The van der Waals surface area contributed by atoms with Crippen molar-refractivity contribution in [2.75, 3.05) is 37.9 Å². The van der Waals surface area contributed by atoms with Crippen LogP contribution in [0.2, 0.25) is 0 Å². The van der Waals surface area contributed by atoms with Crippen molar-refractivity contribution in [2.45, 2.75) is 32.9 Å². The molecule has 1 fully saturated rings. The van der Waals surface area contributed by atoms with Gasteiger partial charge in [-0.3, -0.25) is 15.0 Å². The van der Waals surface area contributed by atoms with E-state index >= 15 is 0 Å². The van der Waals surface area contributed by atoms with E-state index in [-0.39, 0.29) is 23.4 Å². The van der Waals surface area contributed by atoms with Gasteiger partial charge < -0.3 is 14.4 Å². The standard InChI is InChI=1S/C24H29N7O4/c1-17(2)13-21(29-11-9-28(10-12-29)19-4-6-20(7-5-19)31(32)33)24-25-26-27-30(24)15-18-3-8-22-23(14-18)35-16-34-22/h3-8,14,17,21H,9-13,15-16H2,1-2H3. The Bertz CT molecular complexity index is 1170. The summed E-state index contributed by atoms with van der Waals surface area (Å²) >= 11 is 0. The van der Waals surface area contributed by atoms with Gasteiger partial charge in [-0.15, -0.1) is 5.10 Å². The number of benzene rings is 2. The molecule has 0 aliphatic carbocycles. The van der Waals surface area contributed by atoms with Gasteiger partial charge in [-0.2, -0.15) is 0 Å². The van der Waals surface area contributed by atoms with E-state index in [0.29, 0.717) is 12.5 Å². The highest BCUT2D eigenvalue weighted by atomic mass is 16.7. The van der Waals surface area contributed by atoms with E-state index in [1.807, 2.05) is 35.0 Å². The van der Waals surface area contributed by atoms with E-state index in [2.05, 4.69) is 39.2 Å². The van der Waals surface area contributed by atoms with E-state index in [1.165, 1.54) is 0 Å². The molecule has 0 amide bonds. The van der Waals surface area contributed by atoms with E-state index in [0.717, 1.165) is 61.2 Å². The molecule has 1 saturated heterocycles. The van der Waals surface area contributed by atoms with Crippen molar-refractivity contribution in [1.82, 2.24) is 25.1 Å². The Labute approximate surface area is 203 Å². The highest BCUT2D eigenvalue weighted by molar-refractivity contribution is 5.51. The van der Waals surface area contributed by atoms with Gasteiger partial charge in [0.2, 0.25) is 6.79 Å². The van der Waals surface area contributed by atoms with Crippen LogP contribution in [0.1, 0.15) is 37.7 Å². The molecule has 2 aliphatic heterocycles. The van der Waals surface area contributed by atoms with Gasteiger partial charge in [0.15, 0.2) is 17.3 Å². The summed E-state index contributed by atoms with van der Waals surface area (Å²) in [4.78, 5) is 15.3. The monoisotopic (exact) mass is 479 g/mol. The van der Waals surface area contributed by atoms with Crippen LogP contribution in [0.4, 0.5) is 11.4 Å². The van der Waals surface area contributed by atoms with Crippen LogP contribution in [0.5, 0.6) is 11.5 Å². The number of aromatic nitrogens is 4. The molecular weight excluding hydrogens is 450 g/mol. The zero-order valence-corrected chi connectivity index (χ0v) is 19.9. The van der Waals surface area contributed by atoms with Gasteiger partial charge in [0.25, 0.3) is 5.69 Å². The fourth-order valence-electron chi connectivity index (χ4n) is 4.72. The molecule has 11 heteroatoms. The number of anilines is 1. The number of nitro groups is 1. The highest BCUT2D eigenvalue weighted by Crippen LogP contribution is 2.33. The zero-order valence-electron chi connectivity index (χ0n) is 19.9. The number of tetrazole rings is 1. The largest absolute Gasteiger partial charge is 0.454 e. The predicted molar refractivity (Wildman–Crippen MR) is 129 cm³/mol. The van der Waals surface area contributed by atoms with E-state index < -0.39 is 0 Å². The topological polar surface area (TPSA) is 112 Å². The van der Waals surface area contributed by atoms with Gasteiger partial charge in [-0.1, -0.05) is 19.9 Å². The molecule has 1 unspecified atom stereocenters. The average Bonchev–Trinajstić information content (AvgIpc) is 3.52. The van der Waals surface area contributed by atoms with Gasteiger partial charge in [0.05, 0.1) is 17.5 Å². The highest BCUT2D eigenvalue weighted by Gasteiger charge is 2.30. The molecule has 35 heavy (non-hydrogen) atoms. The number of non-ortho nitro benzene ring substituents is 1. The molecule has 0 radical (unpaired) electrons. The van der Waals surface area contributed by atoms with Crippen molar-refractivity contribution in [3.8, 4) is 11.5 Å². The quantitative estimate of drug-likeness (QED) is 0.355. The SMILES string of the molecule is CC(C)CC(c1nnnn1Cc1ccc2c(c1)OCO2)N1CCN(c2ccc([N+](=O)[O-])cc2)CC1. The molecule has 2 aromatic carbocycles. The normalized spacial score (nSPS) is 16.6. The summed E-state index contributed by atoms with van der Waals surface area (Å²) in [5.41, 5.74) is 2.16. The first-order valence-electron chi connectivity index (χ1n) is 11.9. The van der Waals surface area contributed by atoms with E-state index in [1.54, 1.807) is 12.1 Å². The van der Waals surface area contributed by atoms with Crippen LogP contribution in [0, 0.1) is 16.0 Å². The minimum absolute atomic E-state index is 0.0954. The van der Waals surface area contributed by atoms with Gasteiger partial charge in [-0.25, -0.2) is 4.68 Å². The van der Waals surface area contributed by atoms with Crippen LogP contribution in [-0.2, 0) is 6.54 Å². The number of hydrogen-bond donors (Lipinski definition) is 0. The molecule has 5 rings (SSSR count). The second-order valence-electron chi connectivity index (χ2n) is 9.32. The minimum atomic E-state index is -0.369. The van der Waals surface area contributed by atoms with Crippen molar-refractivity contribution in [3.05, 3.63) is 64.0 Å². The van der Waals surface area contributed by atoms with Crippen molar-refractivity contribution >= 4 is 11.4 Å². The molecule has 3 heterocycles. The number of hydrogen-bond acceptors (Lipinski definition) is 9. The molecule has 0 N–H and O–H groups in total. The maximum absolute atomic E-state index is 11.0. The first-order valence-corrected chi connectivity index (χ1v) is 11.9. The van der Waals surface area contributed by atoms with Crippen LogP contribution in [0.15, 0.2) is 42.5 Å². The molecule has 1 atom stereocenters. The number of rotatable bonds is 8. The summed E-state index contributed by atoms with van der Waals surface area (Å²) in [5, 5.41) is 23.7. The van der Waals surface area contributed by atoms with E-state index in [4.69, 9.17) is 9.47 Å². The lowest BCUT2D eigenvalue weighted by Gasteiger charge is -2.40. The number of nitro benzene ring substituents is 1. The fourth-order valence-corrected chi connectivity index (χ4v) is 4.72. The lowest BCUT2D eigenvalue weighted by atomic mass is 10.0. The third kappa shape index (κ3) is 5.04. The van der Waals surface area contributed by atoms with Crippen molar-refractivity contribution in [2.24, 2.45) is 5.92 Å². The Kier molecular flexibility index (Phi) is 6.49. The maximum atomic E-state index is 11.0. The Morgan fingerprint density at radius 1 is 1.03 bits per heavy atom. The third-order valence-electron chi connectivity index (χ3n) is 6.50. The molecule has 0 saturated carbocycles. The lowest BCUT2D eigenvalue weighted by molar-refractivity contribution is -0.384. The van der Waals surface area contributed by atoms with E-state index in [9.17, 15) is 10.1 Å². The van der Waals surface area contributed by atoms with Crippen LogP contribution >= 0.6 is 0 Å².